The van der Waals surface area contributed by atoms with E-state index in [0.29, 0.717) is 12.0 Å². The number of sulfone groups is 1. The summed E-state index contributed by atoms with van der Waals surface area (Å²) in [5.41, 5.74) is 8.48. The van der Waals surface area contributed by atoms with Crippen molar-refractivity contribution in [2.75, 3.05) is 12.4 Å². The van der Waals surface area contributed by atoms with E-state index in [4.69, 9.17) is 10.5 Å². The SMILES string of the molecule is CC(C)[C@H](N)C(=O)OCC[C@H](NC(=O)[C@H]1CC(S(=O)(=O)c2ccc(-c3ccccc3)cc2)CCCCS1)c1ccc(F)cc1. The first kappa shape index (κ1) is 33.7. The molecule has 44 heavy (non-hydrogen) atoms. The Balaban J connectivity index is 1.48. The van der Waals surface area contributed by atoms with E-state index in [2.05, 4.69) is 5.32 Å². The Morgan fingerprint density at radius 3 is 2.30 bits per heavy atom. The van der Waals surface area contributed by atoms with Gasteiger partial charge in [0.05, 0.1) is 28.0 Å². The first-order chi connectivity index (χ1) is 21.1. The van der Waals surface area contributed by atoms with E-state index in [1.165, 1.54) is 23.9 Å². The summed E-state index contributed by atoms with van der Waals surface area (Å²) in [5.74, 6) is -0.575. The third-order valence-corrected chi connectivity index (χ3v) is 11.5. The van der Waals surface area contributed by atoms with Crippen molar-refractivity contribution in [3.05, 3.63) is 90.2 Å². The molecule has 1 fully saturated rings. The molecule has 3 aromatic rings. The maximum Gasteiger partial charge on any atom is 0.323 e. The lowest BCUT2D eigenvalue weighted by Gasteiger charge is -2.28. The van der Waals surface area contributed by atoms with E-state index in [1.54, 1.807) is 24.3 Å². The number of thioether (sulfide) groups is 1. The van der Waals surface area contributed by atoms with Gasteiger partial charge in [0.25, 0.3) is 0 Å². The minimum absolute atomic E-state index is 0.00929. The van der Waals surface area contributed by atoms with Crippen LogP contribution in [0, 0.1) is 11.7 Å². The Kier molecular flexibility index (Phi) is 12.0. The van der Waals surface area contributed by atoms with Gasteiger partial charge in [-0.3, -0.25) is 9.59 Å². The number of nitrogens with one attached hydrogen (secondary N) is 1. The Bertz CT molecular complexity index is 1480. The highest BCUT2D eigenvalue weighted by molar-refractivity contribution is 8.00. The van der Waals surface area contributed by atoms with Gasteiger partial charge in [0.15, 0.2) is 9.84 Å². The molecule has 1 unspecified atom stereocenters. The second-order valence-electron chi connectivity index (χ2n) is 11.5. The monoisotopic (exact) mass is 640 g/mol. The van der Waals surface area contributed by atoms with E-state index < -0.39 is 44.2 Å². The molecule has 4 rings (SSSR count). The van der Waals surface area contributed by atoms with Crippen LogP contribution in [0.4, 0.5) is 4.39 Å². The largest absolute Gasteiger partial charge is 0.464 e. The van der Waals surface area contributed by atoms with Gasteiger partial charge in [-0.1, -0.05) is 74.9 Å². The molecule has 10 heteroatoms. The second kappa shape index (κ2) is 15.7. The molecule has 3 N–H and O–H groups in total. The molecule has 4 atom stereocenters. The molecule has 1 aliphatic heterocycles. The second-order valence-corrected chi connectivity index (χ2v) is 15.0. The summed E-state index contributed by atoms with van der Waals surface area (Å²) < 4.78 is 46.7. The summed E-state index contributed by atoms with van der Waals surface area (Å²) in [6, 6.07) is 21.1. The number of nitrogens with two attached hydrogens (primary N) is 1. The van der Waals surface area contributed by atoms with Crippen LogP contribution in [-0.4, -0.2) is 49.2 Å². The van der Waals surface area contributed by atoms with Crippen molar-refractivity contribution in [3.63, 3.8) is 0 Å². The number of carbonyl (C=O) groups is 2. The number of esters is 1. The molecule has 0 spiro atoms. The zero-order valence-electron chi connectivity index (χ0n) is 25.2. The predicted octanol–water partition coefficient (Wildman–Crippen LogP) is 6.08. The molecule has 0 bridgehead atoms. The van der Waals surface area contributed by atoms with Crippen LogP contribution < -0.4 is 11.1 Å². The minimum Gasteiger partial charge on any atom is -0.464 e. The number of amides is 1. The van der Waals surface area contributed by atoms with Crippen LogP contribution in [0.15, 0.2) is 83.8 Å². The van der Waals surface area contributed by atoms with Gasteiger partial charge in [-0.05, 0) is 71.9 Å². The van der Waals surface area contributed by atoms with E-state index in [0.717, 1.165) is 29.7 Å². The molecule has 1 aliphatic rings. The number of rotatable bonds is 11. The van der Waals surface area contributed by atoms with Gasteiger partial charge in [-0.25, -0.2) is 12.8 Å². The Morgan fingerprint density at radius 2 is 1.64 bits per heavy atom. The Morgan fingerprint density at radius 1 is 0.977 bits per heavy atom. The smallest absolute Gasteiger partial charge is 0.323 e. The van der Waals surface area contributed by atoms with E-state index in [1.807, 2.05) is 56.3 Å². The fourth-order valence-corrected chi connectivity index (χ4v) is 8.36. The van der Waals surface area contributed by atoms with Crippen molar-refractivity contribution in [1.29, 1.82) is 0 Å². The van der Waals surface area contributed by atoms with Crippen molar-refractivity contribution in [2.45, 2.75) is 73.4 Å². The fraction of sp³-hybridized carbons (Fsp3) is 0.412. The van der Waals surface area contributed by atoms with Crippen molar-refractivity contribution in [2.24, 2.45) is 11.7 Å². The fourth-order valence-electron chi connectivity index (χ4n) is 5.18. The Labute approximate surface area is 264 Å². The van der Waals surface area contributed by atoms with E-state index in [9.17, 15) is 22.4 Å². The maximum absolute atomic E-state index is 13.8. The topological polar surface area (TPSA) is 116 Å². The molecule has 1 amide bonds. The average Bonchev–Trinajstić information content (AvgIpc) is 3.00. The highest BCUT2D eigenvalue weighted by Crippen LogP contribution is 2.32. The normalized spacial score (nSPS) is 18.9. The van der Waals surface area contributed by atoms with Crippen LogP contribution in [-0.2, 0) is 24.2 Å². The number of carbonyl (C=O) groups excluding carboxylic acids is 2. The standard InChI is InChI=1S/C34H41FN2O5S2/c1-23(2)32(36)34(39)42-20-19-30(26-11-15-27(35)16-12-26)37-33(38)31-22-29(10-6-7-21-43-31)44(40,41)28-17-13-25(14-18-28)24-8-4-3-5-9-24/h3-5,8-9,11-18,23,29-32H,6-7,10,19-22,36H2,1-2H3,(H,37,38)/t29?,30-,31+,32-/m0/s1. The van der Waals surface area contributed by atoms with Crippen LogP contribution in [0.5, 0.6) is 0 Å². The molecule has 236 valence electrons. The number of halogens is 1. The van der Waals surface area contributed by atoms with Crippen molar-refractivity contribution >= 4 is 33.5 Å². The first-order valence-corrected chi connectivity index (χ1v) is 17.6. The summed E-state index contributed by atoms with van der Waals surface area (Å²) in [6.45, 7) is 3.66. The van der Waals surface area contributed by atoms with Crippen molar-refractivity contribution in [3.8, 4) is 11.1 Å². The molecular formula is C34H41FN2O5S2. The molecule has 0 saturated carbocycles. The number of hydrogen-bond donors (Lipinski definition) is 2. The molecule has 0 aliphatic carbocycles. The van der Waals surface area contributed by atoms with Gasteiger partial charge in [-0.15, -0.1) is 11.8 Å². The lowest BCUT2D eigenvalue weighted by molar-refractivity contribution is -0.146. The molecule has 7 nitrogen and oxygen atoms in total. The lowest BCUT2D eigenvalue weighted by Crippen LogP contribution is -2.40. The van der Waals surface area contributed by atoms with Gasteiger partial charge in [-0.2, -0.15) is 0 Å². The Hall–Kier alpha value is -3.21. The third kappa shape index (κ3) is 8.92. The highest BCUT2D eigenvalue weighted by Gasteiger charge is 2.34. The van der Waals surface area contributed by atoms with Crippen molar-refractivity contribution in [1.82, 2.24) is 5.32 Å². The maximum atomic E-state index is 13.8. The molecule has 0 radical (unpaired) electrons. The van der Waals surface area contributed by atoms with Crippen LogP contribution >= 0.6 is 11.8 Å². The number of hydrogen-bond acceptors (Lipinski definition) is 7. The van der Waals surface area contributed by atoms with Crippen LogP contribution in [0.3, 0.4) is 0 Å². The van der Waals surface area contributed by atoms with Crippen LogP contribution in [0.1, 0.15) is 57.6 Å². The minimum atomic E-state index is -3.70. The highest BCUT2D eigenvalue weighted by atomic mass is 32.2. The average molecular weight is 641 g/mol. The number of benzene rings is 3. The molecule has 0 aromatic heterocycles. The quantitative estimate of drug-likeness (QED) is 0.244. The van der Waals surface area contributed by atoms with Gasteiger partial charge in [0.1, 0.15) is 11.9 Å². The summed E-state index contributed by atoms with van der Waals surface area (Å²) in [4.78, 5) is 26.2. The van der Waals surface area contributed by atoms with Gasteiger partial charge >= 0.3 is 5.97 Å². The molecule has 3 aromatic carbocycles. The zero-order valence-corrected chi connectivity index (χ0v) is 26.8. The molecule has 1 saturated heterocycles. The summed E-state index contributed by atoms with van der Waals surface area (Å²) in [6.07, 6.45) is 2.46. The van der Waals surface area contributed by atoms with Gasteiger partial charge < -0.3 is 15.8 Å². The predicted molar refractivity (Wildman–Crippen MR) is 173 cm³/mol. The summed E-state index contributed by atoms with van der Waals surface area (Å²) >= 11 is 1.46. The number of ether oxygens (including phenoxy) is 1. The lowest BCUT2D eigenvalue weighted by atomic mass is 10.0. The van der Waals surface area contributed by atoms with Gasteiger partial charge in [0.2, 0.25) is 5.91 Å². The van der Waals surface area contributed by atoms with Crippen molar-refractivity contribution < 1.29 is 27.1 Å². The summed E-state index contributed by atoms with van der Waals surface area (Å²) in [7, 11) is -3.70. The van der Waals surface area contributed by atoms with Crippen LogP contribution in [0.25, 0.3) is 11.1 Å². The van der Waals surface area contributed by atoms with Gasteiger partial charge in [0, 0.05) is 6.42 Å². The van der Waals surface area contributed by atoms with Crippen LogP contribution in [0.2, 0.25) is 0 Å². The molecular weight excluding hydrogens is 600 g/mol. The van der Waals surface area contributed by atoms with E-state index >= 15 is 0 Å². The third-order valence-electron chi connectivity index (χ3n) is 7.97. The first-order valence-electron chi connectivity index (χ1n) is 15.1. The molecule has 1 heterocycles. The summed E-state index contributed by atoms with van der Waals surface area (Å²) in [5, 5.41) is 1.72. The zero-order chi connectivity index (χ0) is 31.7. The van der Waals surface area contributed by atoms with E-state index in [-0.39, 0.29) is 36.2 Å².